The molecule has 1 aromatic heterocycles. The number of aromatic nitrogens is 3. The van der Waals surface area contributed by atoms with Crippen LogP contribution in [-0.2, 0) is 13.6 Å². The minimum atomic E-state index is -0.217. The fraction of sp³-hybridized carbons (Fsp3) is 0.320. The molecule has 0 saturated heterocycles. The van der Waals surface area contributed by atoms with E-state index in [-0.39, 0.29) is 17.8 Å². The van der Waals surface area contributed by atoms with Crippen molar-refractivity contribution in [3.8, 4) is 5.75 Å². The maximum Gasteiger partial charge on any atom is 0.333 e. The zero-order valence-corrected chi connectivity index (χ0v) is 21.2. The summed E-state index contributed by atoms with van der Waals surface area (Å²) in [5, 5.41) is 0.639. The summed E-state index contributed by atoms with van der Waals surface area (Å²) in [6.45, 7) is 12.0. The van der Waals surface area contributed by atoms with Gasteiger partial charge in [-0.25, -0.2) is 9.79 Å². The summed E-state index contributed by atoms with van der Waals surface area (Å²) in [6, 6.07) is 12.9. The van der Waals surface area contributed by atoms with Crippen molar-refractivity contribution < 1.29 is 4.74 Å². The summed E-state index contributed by atoms with van der Waals surface area (Å²) in [5.74, 6) is 0.733. The first-order valence-electron chi connectivity index (χ1n) is 10.8. The van der Waals surface area contributed by atoms with E-state index in [1.54, 1.807) is 31.9 Å². The van der Waals surface area contributed by atoms with Crippen molar-refractivity contribution in [1.82, 2.24) is 13.7 Å². The summed E-state index contributed by atoms with van der Waals surface area (Å²) in [4.78, 5) is 18.3. The third-order valence-electron chi connectivity index (χ3n) is 5.05. The summed E-state index contributed by atoms with van der Waals surface area (Å²) in [7, 11) is 1.82. The molecule has 0 unspecified atom stereocenters. The second kappa shape index (κ2) is 10.4. The molecule has 6 nitrogen and oxygen atoms in total. The average Bonchev–Trinajstić information content (AvgIpc) is 2.76. The van der Waals surface area contributed by atoms with Gasteiger partial charge in [0.05, 0.1) is 18.3 Å². The Balaban J connectivity index is 2.27. The Hall–Kier alpha value is -2.90. The van der Waals surface area contributed by atoms with Crippen LogP contribution in [0.15, 0.2) is 58.8 Å². The molecular weight excluding hydrogens is 456 g/mol. The highest BCUT2D eigenvalue weighted by atomic mass is 35.5. The minimum Gasteiger partial charge on any atom is -0.490 e. The van der Waals surface area contributed by atoms with Crippen LogP contribution in [0.1, 0.15) is 44.9 Å². The number of rotatable bonds is 7. The Kier molecular flexibility index (Phi) is 7.76. The minimum absolute atomic E-state index is 0.0391. The molecule has 0 amide bonds. The van der Waals surface area contributed by atoms with Gasteiger partial charge in [-0.2, -0.15) is 0 Å². The number of benzene rings is 2. The topological polar surface area (TPSA) is 53.5 Å². The van der Waals surface area contributed by atoms with Crippen LogP contribution >= 0.6 is 23.8 Å². The normalized spacial score (nSPS) is 11.9. The standard InChI is InChI=1S/C25H29ClN4O2S/c1-7-19-14-21(12-13-22(19)32-17(4)5)27-23-28(6)25(33)30(16(2)3)24(31)29(23)15-18-8-10-20(26)11-9-18/h7-14,16-17H,1,15H2,2-6H3. The molecule has 0 saturated carbocycles. The molecule has 0 aliphatic heterocycles. The number of hydrogen-bond donors (Lipinski definition) is 0. The van der Waals surface area contributed by atoms with Gasteiger partial charge in [0.15, 0.2) is 4.77 Å². The molecule has 2 aromatic carbocycles. The lowest BCUT2D eigenvalue weighted by Crippen LogP contribution is -2.46. The molecule has 0 radical (unpaired) electrons. The molecule has 0 spiro atoms. The molecule has 3 aromatic rings. The highest BCUT2D eigenvalue weighted by Gasteiger charge is 2.14. The van der Waals surface area contributed by atoms with E-state index in [0.29, 0.717) is 27.6 Å². The van der Waals surface area contributed by atoms with Crippen LogP contribution in [0.4, 0.5) is 5.69 Å². The molecule has 1 heterocycles. The first-order chi connectivity index (χ1) is 15.6. The quantitative estimate of drug-likeness (QED) is 0.406. The lowest BCUT2D eigenvalue weighted by Gasteiger charge is -2.18. The van der Waals surface area contributed by atoms with Crippen molar-refractivity contribution in [3.05, 3.63) is 86.1 Å². The monoisotopic (exact) mass is 484 g/mol. The van der Waals surface area contributed by atoms with E-state index in [1.165, 1.54) is 0 Å². The predicted octanol–water partition coefficient (Wildman–Crippen LogP) is 5.66. The van der Waals surface area contributed by atoms with E-state index in [4.69, 9.17) is 33.5 Å². The summed E-state index contributed by atoms with van der Waals surface area (Å²) >= 11 is 11.7. The van der Waals surface area contributed by atoms with Gasteiger partial charge in [0.1, 0.15) is 5.75 Å². The van der Waals surface area contributed by atoms with Gasteiger partial charge >= 0.3 is 5.69 Å². The Bertz CT molecular complexity index is 1350. The van der Waals surface area contributed by atoms with Gasteiger partial charge in [-0.3, -0.25) is 13.7 Å². The SMILES string of the molecule is C=Cc1cc(N=c2n(C)c(=S)n(C(C)C)c(=O)n2Cc2ccc(Cl)cc2)ccc1OC(C)C. The summed E-state index contributed by atoms with van der Waals surface area (Å²) in [5.41, 5.74) is 2.65. The number of ether oxygens (including phenoxy) is 1. The highest BCUT2D eigenvalue weighted by molar-refractivity contribution is 7.71. The lowest BCUT2D eigenvalue weighted by atomic mass is 10.1. The largest absolute Gasteiger partial charge is 0.490 e. The van der Waals surface area contributed by atoms with Crippen LogP contribution in [0.2, 0.25) is 5.02 Å². The molecule has 0 atom stereocenters. The van der Waals surface area contributed by atoms with Gasteiger partial charge < -0.3 is 4.74 Å². The second-order valence-electron chi connectivity index (χ2n) is 8.31. The van der Waals surface area contributed by atoms with Crippen LogP contribution in [0.25, 0.3) is 6.08 Å². The number of halogens is 1. The molecule has 174 valence electrons. The van der Waals surface area contributed by atoms with Gasteiger partial charge in [0, 0.05) is 23.7 Å². The van der Waals surface area contributed by atoms with Crippen molar-refractivity contribution >= 4 is 35.6 Å². The van der Waals surface area contributed by atoms with Gasteiger partial charge in [-0.1, -0.05) is 36.4 Å². The van der Waals surface area contributed by atoms with E-state index in [9.17, 15) is 4.79 Å². The first kappa shape index (κ1) is 24.7. The zero-order chi connectivity index (χ0) is 24.3. The van der Waals surface area contributed by atoms with Gasteiger partial charge in [0.2, 0.25) is 5.62 Å². The van der Waals surface area contributed by atoms with E-state index in [0.717, 1.165) is 16.9 Å². The third-order valence-corrected chi connectivity index (χ3v) is 5.77. The fourth-order valence-corrected chi connectivity index (χ4v) is 3.95. The molecule has 33 heavy (non-hydrogen) atoms. The van der Waals surface area contributed by atoms with Crippen LogP contribution in [-0.4, -0.2) is 19.8 Å². The van der Waals surface area contributed by atoms with Crippen LogP contribution in [0, 0.1) is 4.77 Å². The van der Waals surface area contributed by atoms with Crippen LogP contribution in [0.5, 0.6) is 5.75 Å². The Morgan fingerprint density at radius 1 is 1.15 bits per heavy atom. The number of hydrogen-bond acceptors (Lipinski definition) is 4. The molecule has 0 aliphatic rings. The third kappa shape index (κ3) is 5.54. The summed E-state index contributed by atoms with van der Waals surface area (Å²) in [6.07, 6.45) is 1.77. The lowest BCUT2D eigenvalue weighted by molar-refractivity contribution is 0.242. The van der Waals surface area contributed by atoms with Crippen molar-refractivity contribution in [1.29, 1.82) is 0 Å². The Morgan fingerprint density at radius 2 is 1.82 bits per heavy atom. The Labute approximate surface area is 204 Å². The number of nitrogens with zero attached hydrogens (tertiary/aromatic N) is 4. The highest BCUT2D eigenvalue weighted by Crippen LogP contribution is 2.26. The van der Waals surface area contributed by atoms with E-state index in [1.807, 2.05) is 65.1 Å². The van der Waals surface area contributed by atoms with Crippen molar-refractivity contribution in [2.45, 2.75) is 46.4 Å². The zero-order valence-electron chi connectivity index (χ0n) is 19.6. The molecule has 0 aliphatic carbocycles. The molecule has 0 N–H and O–H groups in total. The van der Waals surface area contributed by atoms with Crippen molar-refractivity contribution in [2.24, 2.45) is 12.0 Å². The van der Waals surface area contributed by atoms with Gasteiger partial charge in [0.25, 0.3) is 0 Å². The van der Waals surface area contributed by atoms with Gasteiger partial charge in [-0.15, -0.1) is 0 Å². The van der Waals surface area contributed by atoms with Gasteiger partial charge in [-0.05, 0) is 75.8 Å². The van der Waals surface area contributed by atoms with E-state index >= 15 is 0 Å². The van der Waals surface area contributed by atoms with E-state index < -0.39 is 0 Å². The fourth-order valence-electron chi connectivity index (χ4n) is 3.46. The predicted molar refractivity (Wildman–Crippen MR) is 137 cm³/mol. The molecule has 8 heteroatoms. The maximum atomic E-state index is 13.5. The van der Waals surface area contributed by atoms with Crippen molar-refractivity contribution in [2.75, 3.05) is 0 Å². The average molecular weight is 485 g/mol. The first-order valence-corrected chi connectivity index (χ1v) is 11.6. The smallest absolute Gasteiger partial charge is 0.333 e. The maximum absolute atomic E-state index is 13.5. The molecular formula is C25H29ClN4O2S. The van der Waals surface area contributed by atoms with Crippen molar-refractivity contribution in [3.63, 3.8) is 0 Å². The summed E-state index contributed by atoms with van der Waals surface area (Å²) < 4.78 is 11.2. The molecule has 0 bridgehead atoms. The second-order valence-corrected chi connectivity index (χ2v) is 9.11. The molecule has 0 fully saturated rings. The Morgan fingerprint density at radius 3 is 2.39 bits per heavy atom. The van der Waals surface area contributed by atoms with Crippen LogP contribution in [0.3, 0.4) is 0 Å². The van der Waals surface area contributed by atoms with Crippen LogP contribution < -0.4 is 16.0 Å². The van der Waals surface area contributed by atoms with E-state index in [2.05, 4.69) is 6.58 Å². The molecule has 3 rings (SSSR count).